The highest BCUT2D eigenvalue weighted by atomic mass is 35.5. The molecule has 0 amide bonds. The number of benzene rings is 2. The van der Waals surface area contributed by atoms with E-state index in [9.17, 15) is 4.79 Å². The molecule has 1 heterocycles. The summed E-state index contributed by atoms with van der Waals surface area (Å²) in [4.78, 5) is 19.6. The number of rotatable bonds is 4. The molecule has 0 unspecified atom stereocenters. The summed E-state index contributed by atoms with van der Waals surface area (Å²) < 4.78 is 0. The monoisotopic (exact) mass is 388 g/mol. The van der Waals surface area contributed by atoms with Crippen LogP contribution in [0.25, 0.3) is 0 Å². The van der Waals surface area contributed by atoms with E-state index in [2.05, 4.69) is 6.92 Å². The van der Waals surface area contributed by atoms with Gasteiger partial charge >= 0.3 is 0 Å². The zero-order valence-corrected chi connectivity index (χ0v) is 16.3. The van der Waals surface area contributed by atoms with Crippen LogP contribution in [0, 0.1) is 5.92 Å². The molecule has 0 saturated heterocycles. The molecule has 0 aromatic heterocycles. The van der Waals surface area contributed by atoms with E-state index in [0.717, 1.165) is 37.3 Å². The van der Waals surface area contributed by atoms with Gasteiger partial charge in [-0.15, -0.1) is 0 Å². The first-order chi connectivity index (χ1) is 12.5. The van der Waals surface area contributed by atoms with Crippen molar-refractivity contribution in [2.75, 3.05) is 18.0 Å². The number of carbonyl (C=O) groups is 1. The zero-order chi connectivity index (χ0) is 18.5. The fourth-order valence-corrected chi connectivity index (χ4v) is 3.31. The Kier molecular flexibility index (Phi) is 6.33. The highest BCUT2D eigenvalue weighted by Gasteiger charge is 2.21. The molecule has 1 aliphatic heterocycles. The van der Waals surface area contributed by atoms with Crippen LogP contribution in [0.15, 0.2) is 53.5 Å². The Bertz CT molecular complexity index is 785. The summed E-state index contributed by atoms with van der Waals surface area (Å²) >= 11 is 12.0. The van der Waals surface area contributed by atoms with Crippen LogP contribution >= 0.6 is 23.2 Å². The van der Waals surface area contributed by atoms with E-state index >= 15 is 0 Å². The Labute approximate surface area is 164 Å². The van der Waals surface area contributed by atoms with Gasteiger partial charge in [0.15, 0.2) is 5.78 Å². The number of ketones is 1. The maximum Gasteiger partial charge on any atom is 0.182 e. The lowest BCUT2D eigenvalue weighted by molar-refractivity contribution is 0.100. The molecule has 3 rings (SSSR count). The Hall–Kier alpha value is -1.84. The lowest BCUT2D eigenvalue weighted by Crippen LogP contribution is -2.36. The molecule has 2 aromatic rings. The second-order valence-corrected chi connectivity index (χ2v) is 7.60. The molecule has 5 heteroatoms. The maximum absolute atomic E-state index is 12.8. The maximum atomic E-state index is 12.8. The molecule has 1 aliphatic rings. The summed E-state index contributed by atoms with van der Waals surface area (Å²) in [5.74, 6) is 1.66. The number of anilines is 1. The van der Waals surface area contributed by atoms with Gasteiger partial charge in [-0.05, 0) is 67.3 Å². The number of carbonyl (C=O) groups excluding carboxylic acids is 1. The second kappa shape index (κ2) is 8.70. The van der Waals surface area contributed by atoms with E-state index in [4.69, 9.17) is 28.2 Å². The SMILES string of the molecule is C[C@H]1CCN=C(N(CC(=O)c2ccc(Cl)cc2)c2ccc(Cl)cc2)CC1. The van der Waals surface area contributed by atoms with Crippen LogP contribution in [-0.4, -0.2) is 24.7 Å². The molecule has 0 radical (unpaired) electrons. The minimum atomic E-state index is 0.0385. The smallest absolute Gasteiger partial charge is 0.182 e. The number of nitrogens with zero attached hydrogens (tertiary/aromatic N) is 2. The van der Waals surface area contributed by atoms with Crippen LogP contribution in [0.2, 0.25) is 10.0 Å². The number of Topliss-reactive ketones (excluding diaryl/α,β-unsaturated/α-hetero) is 1. The summed E-state index contributed by atoms with van der Waals surface area (Å²) in [5, 5.41) is 1.30. The Morgan fingerprint density at radius 2 is 1.65 bits per heavy atom. The fraction of sp³-hybridized carbons (Fsp3) is 0.333. The molecular formula is C21H22Cl2N2O. The molecule has 0 bridgehead atoms. The van der Waals surface area contributed by atoms with Crippen molar-refractivity contribution in [1.29, 1.82) is 0 Å². The Morgan fingerprint density at radius 3 is 2.31 bits per heavy atom. The van der Waals surface area contributed by atoms with E-state index in [1.807, 2.05) is 29.2 Å². The lowest BCUT2D eigenvalue weighted by atomic mass is 10.0. The predicted octanol–water partition coefficient (Wildman–Crippen LogP) is 5.90. The molecule has 26 heavy (non-hydrogen) atoms. The van der Waals surface area contributed by atoms with Crippen molar-refractivity contribution in [2.45, 2.75) is 26.2 Å². The van der Waals surface area contributed by atoms with Gasteiger partial charge in [0.2, 0.25) is 0 Å². The van der Waals surface area contributed by atoms with Crippen LogP contribution in [0.5, 0.6) is 0 Å². The minimum Gasteiger partial charge on any atom is -0.322 e. The summed E-state index contributed by atoms with van der Waals surface area (Å²) in [7, 11) is 0. The largest absolute Gasteiger partial charge is 0.322 e. The van der Waals surface area contributed by atoms with Crippen molar-refractivity contribution in [3.05, 3.63) is 64.1 Å². The summed E-state index contributed by atoms with van der Waals surface area (Å²) in [6.07, 6.45) is 3.04. The van der Waals surface area contributed by atoms with E-state index < -0.39 is 0 Å². The molecule has 0 fully saturated rings. The molecule has 136 valence electrons. The number of hydrogen-bond donors (Lipinski definition) is 0. The summed E-state index contributed by atoms with van der Waals surface area (Å²) in [6.45, 7) is 3.30. The third kappa shape index (κ3) is 4.87. The fourth-order valence-electron chi connectivity index (χ4n) is 3.06. The third-order valence-corrected chi connectivity index (χ3v) is 5.20. The van der Waals surface area contributed by atoms with Crippen molar-refractivity contribution in [2.24, 2.45) is 10.9 Å². The van der Waals surface area contributed by atoms with Gasteiger partial charge < -0.3 is 4.90 Å². The predicted molar refractivity (Wildman–Crippen MR) is 110 cm³/mol. The zero-order valence-electron chi connectivity index (χ0n) is 14.8. The highest BCUT2D eigenvalue weighted by Crippen LogP contribution is 2.24. The molecule has 0 spiro atoms. The molecular weight excluding hydrogens is 367 g/mol. The van der Waals surface area contributed by atoms with Crippen LogP contribution in [0.1, 0.15) is 36.5 Å². The van der Waals surface area contributed by atoms with Gasteiger partial charge in [0.1, 0.15) is 5.84 Å². The standard InChI is InChI=1S/C21H22Cl2N2O/c1-15-2-11-21(24-13-12-15)25(19-9-7-18(23)8-10-19)14-20(26)16-3-5-17(22)6-4-16/h3-10,15H,2,11-14H2,1H3/t15-/m1/s1. The van der Waals surface area contributed by atoms with Crippen molar-refractivity contribution in [1.82, 2.24) is 0 Å². The first kappa shape index (κ1) is 18.9. The molecule has 2 aromatic carbocycles. The number of aliphatic imine (C=N–C) groups is 1. The number of amidine groups is 1. The van der Waals surface area contributed by atoms with E-state index in [-0.39, 0.29) is 12.3 Å². The van der Waals surface area contributed by atoms with Crippen LogP contribution in [0.3, 0.4) is 0 Å². The molecule has 3 nitrogen and oxygen atoms in total. The summed E-state index contributed by atoms with van der Waals surface area (Å²) in [5.41, 5.74) is 1.58. The van der Waals surface area contributed by atoms with E-state index in [0.29, 0.717) is 21.5 Å². The number of hydrogen-bond acceptors (Lipinski definition) is 3. The third-order valence-electron chi connectivity index (χ3n) is 4.69. The quantitative estimate of drug-likeness (QED) is 0.610. The van der Waals surface area contributed by atoms with Gasteiger partial charge in [-0.25, -0.2) is 0 Å². The first-order valence-electron chi connectivity index (χ1n) is 8.88. The Balaban J connectivity index is 1.87. The molecule has 0 saturated carbocycles. The average Bonchev–Trinajstić information content (AvgIpc) is 2.85. The van der Waals surface area contributed by atoms with Gasteiger partial charge in [0, 0.05) is 34.3 Å². The van der Waals surface area contributed by atoms with E-state index in [1.165, 1.54) is 0 Å². The van der Waals surface area contributed by atoms with Gasteiger partial charge in [0.05, 0.1) is 6.54 Å². The van der Waals surface area contributed by atoms with Crippen LogP contribution in [0.4, 0.5) is 5.69 Å². The van der Waals surface area contributed by atoms with Crippen molar-refractivity contribution in [3.8, 4) is 0 Å². The Morgan fingerprint density at radius 1 is 1.04 bits per heavy atom. The normalized spacial score (nSPS) is 17.3. The second-order valence-electron chi connectivity index (χ2n) is 6.72. The van der Waals surface area contributed by atoms with Crippen molar-refractivity contribution in [3.63, 3.8) is 0 Å². The van der Waals surface area contributed by atoms with Crippen molar-refractivity contribution >= 4 is 40.5 Å². The molecule has 0 N–H and O–H groups in total. The summed E-state index contributed by atoms with van der Waals surface area (Å²) in [6, 6.07) is 14.6. The minimum absolute atomic E-state index is 0.0385. The molecule has 0 aliphatic carbocycles. The molecule has 1 atom stereocenters. The van der Waals surface area contributed by atoms with Gasteiger partial charge in [0.25, 0.3) is 0 Å². The van der Waals surface area contributed by atoms with Gasteiger partial charge in [-0.3, -0.25) is 9.79 Å². The highest BCUT2D eigenvalue weighted by molar-refractivity contribution is 6.31. The first-order valence-corrected chi connectivity index (χ1v) is 9.63. The van der Waals surface area contributed by atoms with E-state index in [1.54, 1.807) is 24.3 Å². The van der Waals surface area contributed by atoms with Crippen molar-refractivity contribution < 1.29 is 4.79 Å². The van der Waals surface area contributed by atoms with Gasteiger partial charge in [-0.1, -0.05) is 30.1 Å². The lowest BCUT2D eigenvalue weighted by Gasteiger charge is -2.26. The average molecular weight is 389 g/mol. The van der Waals surface area contributed by atoms with Crippen LogP contribution in [-0.2, 0) is 0 Å². The topological polar surface area (TPSA) is 32.7 Å². The van der Waals surface area contributed by atoms with Gasteiger partial charge in [-0.2, -0.15) is 0 Å². The number of halogens is 2. The van der Waals surface area contributed by atoms with Crippen LogP contribution < -0.4 is 4.90 Å².